The van der Waals surface area contributed by atoms with Gasteiger partial charge < -0.3 is 20.3 Å². The molecule has 0 spiro atoms. The van der Waals surface area contributed by atoms with Crippen LogP contribution in [0.15, 0.2) is 48.5 Å². The first-order chi connectivity index (χ1) is 13.5. The topological polar surface area (TPSA) is 95.9 Å². The molecule has 1 aliphatic rings. The lowest BCUT2D eigenvalue weighted by atomic mass is 9.88. The SMILES string of the molecule is COc1ccc([C@H]2CC(=O)Nc3c2sc(C(=O)O)c3-c2ccccc2)cc1O. The van der Waals surface area contributed by atoms with Crippen molar-refractivity contribution in [1.29, 1.82) is 0 Å². The van der Waals surface area contributed by atoms with Crippen LogP contribution in [-0.2, 0) is 4.79 Å². The second-order valence-electron chi connectivity index (χ2n) is 6.45. The minimum atomic E-state index is -1.04. The Bertz CT molecular complexity index is 1070. The van der Waals surface area contributed by atoms with E-state index in [4.69, 9.17) is 4.74 Å². The summed E-state index contributed by atoms with van der Waals surface area (Å²) in [7, 11) is 1.46. The summed E-state index contributed by atoms with van der Waals surface area (Å²) in [5.41, 5.74) is 2.51. The van der Waals surface area contributed by atoms with Crippen molar-refractivity contribution in [3.63, 3.8) is 0 Å². The van der Waals surface area contributed by atoms with Crippen molar-refractivity contribution < 1.29 is 24.5 Å². The maximum absolute atomic E-state index is 12.4. The van der Waals surface area contributed by atoms with E-state index >= 15 is 0 Å². The number of thiophene rings is 1. The number of ether oxygens (including phenoxy) is 1. The number of carbonyl (C=O) groups excluding carboxylic acids is 1. The summed E-state index contributed by atoms with van der Waals surface area (Å²) in [4.78, 5) is 25.3. The highest BCUT2D eigenvalue weighted by molar-refractivity contribution is 7.15. The van der Waals surface area contributed by atoms with Crippen LogP contribution in [0, 0.1) is 0 Å². The first-order valence-corrected chi connectivity index (χ1v) is 9.43. The van der Waals surface area contributed by atoms with Crippen LogP contribution in [0.25, 0.3) is 11.1 Å². The van der Waals surface area contributed by atoms with Crippen molar-refractivity contribution in [2.75, 3.05) is 12.4 Å². The summed E-state index contributed by atoms with van der Waals surface area (Å²) in [5.74, 6) is -1.26. The summed E-state index contributed by atoms with van der Waals surface area (Å²) in [6.07, 6.45) is 0.173. The molecule has 0 unspecified atom stereocenters. The second-order valence-corrected chi connectivity index (χ2v) is 7.50. The van der Waals surface area contributed by atoms with Gasteiger partial charge in [-0.15, -0.1) is 11.3 Å². The van der Waals surface area contributed by atoms with E-state index in [1.165, 1.54) is 7.11 Å². The largest absolute Gasteiger partial charge is 0.504 e. The molecule has 2 heterocycles. The van der Waals surface area contributed by atoms with Crippen molar-refractivity contribution in [3.05, 3.63) is 63.8 Å². The van der Waals surface area contributed by atoms with Crippen LogP contribution < -0.4 is 10.1 Å². The van der Waals surface area contributed by atoms with Gasteiger partial charge in [0.1, 0.15) is 4.88 Å². The molecule has 0 fully saturated rings. The molecule has 7 heteroatoms. The molecule has 3 N–H and O–H groups in total. The molecule has 0 radical (unpaired) electrons. The van der Waals surface area contributed by atoms with Gasteiger partial charge >= 0.3 is 5.97 Å². The molecule has 0 aliphatic carbocycles. The molecule has 28 heavy (non-hydrogen) atoms. The van der Waals surface area contributed by atoms with Gasteiger partial charge in [0, 0.05) is 22.8 Å². The first-order valence-electron chi connectivity index (χ1n) is 8.61. The zero-order valence-corrected chi connectivity index (χ0v) is 15.7. The van der Waals surface area contributed by atoms with Crippen LogP contribution in [-0.4, -0.2) is 29.2 Å². The fourth-order valence-electron chi connectivity index (χ4n) is 3.51. The zero-order valence-electron chi connectivity index (χ0n) is 14.9. The Morgan fingerprint density at radius 2 is 1.96 bits per heavy atom. The normalized spacial score (nSPS) is 15.6. The number of fused-ring (bicyclic) bond motifs is 1. The number of hydrogen-bond donors (Lipinski definition) is 3. The van der Waals surface area contributed by atoms with E-state index in [1.807, 2.05) is 30.3 Å². The van der Waals surface area contributed by atoms with Crippen LogP contribution in [0.4, 0.5) is 5.69 Å². The molecule has 1 amide bonds. The smallest absolute Gasteiger partial charge is 0.346 e. The lowest BCUT2D eigenvalue weighted by Gasteiger charge is -2.24. The van der Waals surface area contributed by atoms with Gasteiger partial charge in [-0.1, -0.05) is 36.4 Å². The van der Waals surface area contributed by atoms with Gasteiger partial charge in [-0.2, -0.15) is 0 Å². The quantitative estimate of drug-likeness (QED) is 0.612. The maximum Gasteiger partial charge on any atom is 0.346 e. The van der Waals surface area contributed by atoms with Crippen molar-refractivity contribution >= 4 is 28.9 Å². The van der Waals surface area contributed by atoms with Crippen LogP contribution in [0.3, 0.4) is 0 Å². The number of phenolic OH excluding ortho intramolecular Hbond substituents is 1. The summed E-state index contributed by atoms with van der Waals surface area (Å²) in [6.45, 7) is 0. The highest BCUT2D eigenvalue weighted by Crippen LogP contribution is 2.50. The van der Waals surface area contributed by atoms with Gasteiger partial charge in [-0.25, -0.2) is 4.79 Å². The number of carboxylic acids is 1. The second kappa shape index (κ2) is 7.01. The number of nitrogens with one attached hydrogen (secondary N) is 1. The number of hydrogen-bond acceptors (Lipinski definition) is 5. The van der Waals surface area contributed by atoms with Crippen molar-refractivity contribution in [2.24, 2.45) is 0 Å². The van der Waals surface area contributed by atoms with E-state index < -0.39 is 5.97 Å². The Morgan fingerprint density at radius 1 is 1.21 bits per heavy atom. The highest BCUT2D eigenvalue weighted by atomic mass is 32.1. The van der Waals surface area contributed by atoms with Crippen LogP contribution in [0.2, 0.25) is 0 Å². The summed E-state index contributed by atoms with van der Waals surface area (Å²) < 4.78 is 5.09. The Morgan fingerprint density at radius 3 is 2.61 bits per heavy atom. The predicted molar refractivity (Wildman–Crippen MR) is 106 cm³/mol. The van der Waals surface area contributed by atoms with Crippen LogP contribution >= 0.6 is 11.3 Å². The van der Waals surface area contributed by atoms with E-state index in [-0.39, 0.29) is 28.9 Å². The number of rotatable bonds is 4. The molecule has 1 aromatic heterocycles. The average Bonchev–Trinajstić information content (AvgIpc) is 3.07. The number of aromatic carboxylic acids is 1. The number of anilines is 1. The molecule has 0 saturated carbocycles. The number of carbonyl (C=O) groups is 2. The van der Waals surface area contributed by atoms with Gasteiger partial charge in [-0.3, -0.25) is 4.79 Å². The van der Waals surface area contributed by atoms with Gasteiger partial charge in [0.05, 0.1) is 12.8 Å². The number of amides is 1. The van der Waals surface area contributed by atoms with Gasteiger partial charge in [0.2, 0.25) is 5.91 Å². The molecule has 0 saturated heterocycles. The lowest BCUT2D eigenvalue weighted by molar-refractivity contribution is -0.116. The van der Waals surface area contributed by atoms with Crippen LogP contribution in [0.1, 0.15) is 32.5 Å². The Labute approximate surface area is 165 Å². The lowest BCUT2D eigenvalue weighted by Crippen LogP contribution is -2.22. The van der Waals surface area contributed by atoms with Gasteiger partial charge in [-0.05, 0) is 23.3 Å². The molecule has 0 bridgehead atoms. The Kier molecular flexibility index (Phi) is 4.52. The standard InChI is InChI=1S/C21H17NO5S/c1-27-15-8-7-12(9-14(15)23)13-10-16(24)22-18-17(11-5-3-2-4-6-11)20(21(25)26)28-19(13)18/h2-9,13,23H,10H2,1H3,(H,22,24)(H,25,26)/t13-/m1/s1. The highest BCUT2D eigenvalue weighted by Gasteiger charge is 2.34. The van der Waals surface area contributed by atoms with E-state index in [9.17, 15) is 19.8 Å². The molecular weight excluding hydrogens is 378 g/mol. The first kappa shape index (κ1) is 18.1. The molecule has 3 aromatic rings. The third-order valence-corrected chi connectivity index (χ3v) is 6.06. The molecule has 142 valence electrons. The van der Waals surface area contributed by atoms with Gasteiger partial charge in [0.15, 0.2) is 11.5 Å². The number of carboxylic acid groups (broad SMARTS) is 1. The third-order valence-electron chi connectivity index (χ3n) is 4.77. The number of phenols is 1. The van der Waals surface area contributed by atoms with Crippen LogP contribution in [0.5, 0.6) is 11.5 Å². The van der Waals surface area contributed by atoms with E-state index in [2.05, 4.69) is 5.32 Å². The molecule has 2 aromatic carbocycles. The summed E-state index contributed by atoms with van der Waals surface area (Å²) in [6, 6.07) is 14.1. The number of aromatic hydroxyl groups is 1. The Hall–Kier alpha value is -3.32. The minimum absolute atomic E-state index is 0.0224. The fraction of sp³-hybridized carbons (Fsp3) is 0.143. The molecule has 1 atom stereocenters. The maximum atomic E-state index is 12.4. The predicted octanol–water partition coefficient (Wildman–Crippen LogP) is 4.30. The Balaban J connectivity index is 1.91. The summed E-state index contributed by atoms with van der Waals surface area (Å²) >= 11 is 1.16. The molecular formula is C21H17NO5S. The minimum Gasteiger partial charge on any atom is -0.504 e. The zero-order chi connectivity index (χ0) is 19.8. The van der Waals surface area contributed by atoms with Crippen molar-refractivity contribution in [2.45, 2.75) is 12.3 Å². The third kappa shape index (κ3) is 2.99. The van der Waals surface area contributed by atoms with Crippen molar-refractivity contribution in [1.82, 2.24) is 0 Å². The summed E-state index contributed by atoms with van der Waals surface area (Å²) in [5, 5.41) is 22.8. The molecule has 6 nitrogen and oxygen atoms in total. The molecule has 4 rings (SSSR count). The van der Waals surface area contributed by atoms with E-state index in [0.29, 0.717) is 17.0 Å². The monoisotopic (exact) mass is 395 g/mol. The van der Waals surface area contributed by atoms with Gasteiger partial charge in [0.25, 0.3) is 0 Å². The number of methoxy groups -OCH3 is 1. The van der Waals surface area contributed by atoms with Crippen molar-refractivity contribution in [3.8, 4) is 22.6 Å². The van der Waals surface area contributed by atoms with E-state index in [0.717, 1.165) is 27.3 Å². The average molecular weight is 395 g/mol. The number of benzene rings is 2. The molecule has 1 aliphatic heterocycles. The fourth-order valence-corrected chi connectivity index (χ4v) is 4.76. The van der Waals surface area contributed by atoms with E-state index in [1.54, 1.807) is 18.2 Å².